The number of aryl methyl sites for hydroxylation is 2. The van der Waals surface area contributed by atoms with Crippen LogP contribution in [0.3, 0.4) is 0 Å². The van der Waals surface area contributed by atoms with E-state index in [-0.39, 0.29) is 11.8 Å². The maximum atomic E-state index is 12.5. The lowest BCUT2D eigenvalue weighted by Crippen LogP contribution is -2.14. The molecular weight excluding hydrogens is 308 g/mol. The Morgan fingerprint density at radius 1 is 1.17 bits per heavy atom. The first kappa shape index (κ1) is 15.6. The Morgan fingerprint density at radius 3 is 2.83 bits per heavy atom. The van der Waals surface area contributed by atoms with Crippen LogP contribution in [0.5, 0.6) is 0 Å². The third kappa shape index (κ3) is 3.56. The first-order valence-electron chi connectivity index (χ1n) is 7.48. The lowest BCUT2D eigenvalue weighted by Gasteiger charge is -2.11. The minimum Gasteiger partial charge on any atom is -0.325 e. The fourth-order valence-electron chi connectivity index (χ4n) is 2.43. The molecule has 1 aliphatic heterocycles. The van der Waals surface area contributed by atoms with Gasteiger partial charge in [0.05, 0.1) is 5.69 Å². The number of anilines is 2. The van der Waals surface area contributed by atoms with Crippen LogP contribution in [0.25, 0.3) is 0 Å². The molecule has 3 rings (SSSR count). The number of hydrogen-bond donors (Lipinski definition) is 2. The van der Waals surface area contributed by atoms with Crippen LogP contribution in [0.15, 0.2) is 41.3 Å². The van der Waals surface area contributed by atoms with E-state index in [1.54, 1.807) is 23.9 Å². The van der Waals surface area contributed by atoms with Gasteiger partial charge in [0.15, 0.2) is 0 Å². The summed E-state index contributed by atoms with van der Waals surface area (Å²) in [5, 5.41) is 5.80. The van der Waals surface area contributed by atoms with Crippen LogP contribution in [0.4, 0.5) is 11.4 Å². The molecule has 2 amide bonds. The van der Waals surface area contributed by atoms with Crippen molar-refractivity contribution in [2.24, 2.45) is 0 Å². The minimum absolute atomic E-state index is 0.0108. The highest BCUT2D eigenvalue weighted by atomic mass is 32.2. The summed E-state index contributed by atoms with van der Waals surface area (Å²) in [4.78, 5) is 25.2. The largest absolute Gasteiger partial charge is 0.325 e. The molecular formula is C18H18N2O2S. The van der Waals surface area contributed by atoms with Gasteiger partial charge in [0.2, 0.25) is 5.91 Å². The van der Waals surface area contributed by atoms with Gasteiger partial charge in [-0.2, -0.15) is 0 Å². The van der Waals surface area contributed by atoms with Gasteiger partial charge in [-0.25, -0.2) is 0 Å². The van der Waals surface area contributed by atoms with E-state index in [0.29, 0.717) is 17.7 Å². The van der Waals surface area contributed by atoms with Crippen molar-refractivity contribution in [3.63, 3.8) is 0 Å². The van der Waals surface area contributed by atoms with Crippen LogP contribution in [0.2, 0.25) is 0 Å². The zero-order valence-electron chi connectivity index (χ0n) is 13.1. The Kier molecular flexibility index (Phi) is 4.39. The van der Waals surface area contributed by atoms with Gasteiger partial charge in [-0.3, -0.25) is 9.59 Å². The van der Waals surface area contributed by atoms with Crippen LogP contribution < -0.4 is 10.6 Å². The lowest BCUT2D eigenvalue weighted by molar-refractivity contribution is -0.115. The summed E-state index contributed by atoms with van der Waals surface area (Å²) in [6.45, 7) is 3.95. The molecule has 2 aromatic carbocycles. The number of fused-ring (bicyclic) bond motifs is 1. The van der Waals surface area contributed by atoms with Crippen LogP contribution in [0, 0.1) is 13.8 Å². The van der Waals surface area contributed by atoms with Crippen molar-refractivity contribution in [2.75, 3.05) is 16.4 Å². The third-order valence-corrected chi connectivity index (χ3v) is 4.82. The molecule has 2 aromatic rings. The number of hydrogen-bond acceptors (Lipinski definition) is 3. The Labute approximate surface area is 139 Å². The van der Waals surface area contributed by atoms with E-state index in [1.165, 1.54) is 0 Å². The minimum atomic E-state index is -0.176. The smallest absolute Gasteiger partial charge is 0.255 e. The maximum absolute atomic E-state index is 12.5. The maximum Gasteiger partial charge on any atom is 0.255 e. The van der Waals surface area contributed by atoms with E-state index < -0.39 is 0 Å². The molecule has 4 nitrogen and oxygen atoms in total. The number of thioether (sulfide) groups is 1. The van der Waals surface area contributed by atoms with Gasteiger partial charge in [0.25, 0.3) is 5.91 Å². The van der Waals surface area contributed by atoms with Crippen molar-refractivity contribution in [1.82, 2.24) is 0 Å². The average Bonchev–Trinajstić information content (AvgIpc) is 2.70. The molecule has 0 aromatic heterocycles. The summed E-state index contributed by atoms with van der Waals surface area (Å²) in [6, 6.07) is 11.4. The SMILES string of the molecule is Cc1ccc(C)c(NC(=O)c2ccc3c(c2)NC(=O)CCS3)c1. The quantitative estimate of drug-likeness (QED) is 0.877. The summed E-state index contributed by atoms with van der Waals surface area (Å²) in [6.07, 6.45) is 0.489. The molecule has 0 atom stereocenters. The topological polar surface area (TPSA) is 58.2 Å². The van der Waals surface area contributed by atoms with Gasteiger partial charge in [-0.15, -0.1) is 11.8 Å². The van der Waals surface area contributed by atoms with Crippen LogP contribution in [0.1, 0.15) is 27.9 Å². The van der Waals surface area contributed by atoms with E-state index in [0.717, 1.165) is 27.5 Å². The fourth-order valence-corrected chi connectivity index (χ4v) is 3.36. The molecule has 0 aliphatic carbocycles. The van der Waals surface area contributed by atoms with Gasteiger partial charge >= 0.3 is 0 Å². The second-order valence-electron chi connectivity index (χ2n) is 5.63. The standard InChI is InChI=1S/C18H18N2O2S/c1-11-3-4-12(2)14(9-11)20-18(22)13-5-6-16-15(10-13)19-17(21)7-8-23-16/h3-6,9-10H,7-8H2,1-2H3,(H,19,21)(H,20,22). The Morgan fingerprint density at radius 2 is 2.00 bits per heavy atom. The summed E-state index contributed by atoms with van der Waals surface area (Å²) >= 11 is 1.63. The first-order chi connectivity index (χ1) is 11.0. The van der Waals surface area contributed by atoms with Crippen molar-refractivity contribution in [3.05, 3.63) is 53.1 Å². The van der Waals surface area contributed by atoms with Gasteiger partial charge in [-0.05, 0) is 49.2 Å². The van der Waals surface area contributed by atoms with Crippen molar-refractivity contribution in [3.8, 4) is 0 Å². The van der Waals surface area contributed by atoms with Crippen molar-refractivity contribution in [2.45, 2.75) is 25.2 Å². The number of nitrogens with one attached hydrogen (secondary N) is 2. The third-order valence-electron chi connectivity index (χ3n) is 3.74. The molecule has 0 radical (unpaired) electrons. The second-order valence-corrected chi connectivity index (χ2v) is 6.77. The van der Waals surface area contributed by atoms with Gasteiger partial charge < -0.3 is 10.6 Å². The molecule has 118 valence electrons. The first-order valence-corrected chi connectivity index (χ1v) is 8.47. The molecule has 1 heterocycles. The summed E-state index contributed by atoms with van der Waals surface area (Å²) in [5.41, 5.74) is 4.17. The molecule has 5 heteroatoms. The van der Waals surface area contributed by atoms with E-state index >= 15 is 0 Å². The molecule has 0 unspecified atom stereocenters. The predicted molar refractivity (Wildman–Crippen MR) is 94.3 cm³/mol. The fraction of sp³-hybridized carbons (Fsp3) is 0.222. The van der Waals surface area contributed by atoms with E-state index in [9.17, 15) is 9.59 Å². The molecule has 0 spiro atoms. The molecule has 0 bridgehead atoms. The van der Waals surface area contributed by atoms with Gasteiger partial charge in [0.1, 0.15) is 0 Å². The normalized spacial score (nSPS) is 13.7. The lowest BCUT2D eigenvalue weighted by atomic mass is 10.1. The molecule has 2 N–H and O–H groups in total. The predicted octanol–water partition coefficient (Wildman–Crippen LogP) is 3.99. The molecule has 0 fully saturated rings. The number of amides is 2. The van der Waals surface area contributed by atoms with E-state index in [4.69, 9.17) is 0 Å². The van der Waals surface area contributed by atoms with Crippen LogP contribution in [-0.4, -0.2) is 17.6 Å². The summed E-state index contributed by atoms with van der Waals surface area (Å²) < 4.78 is 0. The van der Waals surface area contributed by atoms with Crippen LogP contribution in [-0.2, 0) is 4.79 Å². The highest BCUT2D eigenvalue weighted by Crippen LogP contribution is 2.31. The highest BCUT2D eigenvalue weighted by molar-refractivity contribution is 7.99. The van der Waals surface area contributed by atoms with Gasteiger partial charge in [0, 0.05) is 28.3 Å². The number of rotatable bonds is 2. The van der Waals surface area contributed by atoms with E-state index in [1.807, 2.05) is 38.1 Å². The summed E-state index contributed by atoms with van der Waals surface area (Å²) in [5.74, 6) is 0.570. The molecule has 23 heavy (non-hydrogen) atoms. The number of carbonyl (C=O) groups is 2. The number of benzene rings is 2. The highest BCUT2D eigenvalue weighted by Gasteiger charge is 2.16. The molecule has 1 aliphatic rings. The van der Waals surface area contributed by atoms with E-state index in [2.05, 4.69) is 10.6 Å². The molecule has 0 saturated carbocycles. The Bertz CT molecular complexity index is 787. The Balaban J connectivity index is 1.85. The zero-order valence-corrected chi connectivity index (χ0v) is 13.9. The van der Waals surface area contributed by atoms with Crippen molar-refractivity contribution < 1.29 is 9.59 Å². The second kappa shape index (κ2) is 6.46. The Hall–Kier alpha value is -2.27. The number of carbonyl (C=O) groups excluding carboxylic acids is 2. The van der Waals surface area contributed by atoms with Crippen molar-refractivity contribution in [1.29, 1.82) is 0 Å². The van der Waals surface area contributed by atoms with Crippen LogP contribution >= 0.6 is 11.8 Å². The summed E-state index contributed by atoms with van der Waals surface area (Å²) in [7, 11) is 0. The van der Waals surface area contributed by atoms with Gasteiger partial charge in [-0.1, -0.05) is 12.1 Å². The monoisotopic (exact) mass is 326 g/mol. The zero-order chi connectivity index (χ0) is 16.4. The average molecular weight is 326 g/mol. The molecule has 0 saturated heterocycles. The van der Waals surface area contributed by atoms with Crippen molar-refractivity contribution >= 4 is 35.0 Å².